The van der Waals surface area contributed by atoms with Gasteiger partial charge in [-0.25, -0.2) is 13.6 Å². The summed E-state index contributed by atoms with van der Waals surface area (Å²) in [7, 11) is -3.63. The summed E-state index contributed by atoms with van der Waals surface area (Å²) in [4.78, 5) is 2.73. The number of rotatable bonds is 5. The number of nitrogens with two attached hydrogens (primary N) is 1. The lowest BCUT2D eigenvalue weighted by molar-refractivity contribution is 0.500. The minimum absolute atomic E-state index is 0.122. The average Bonchev–Trinajstić information content (AvgIpc) is 2.84. The zero-order valence-electron chi connectivity index (χ0n) is 12.3. The molecule has 0 saturated carbocycles. The van der Waals surface area contributed by atoms with E-state index in [1.165, 1.54) is 9.75 Å². The van der Waals surface area contributed by atoms with Crippen molar-refractivity contribution < 1.29 is 8.42 Å². The van der Waals surface area contributed by atoms with Crippen LogP contribution in [-0.4, -0.2) is 8.42 Å². The molecule has 6 heteroatoms. The molecule has 21 heavy (non-hydrogen) atoms. The smallest absolute Gasteiger partial charge is 0.238 e. The Kier molecular flexibility index (Phi) is 4.83. The fraction of sp³-hybridized carbons (Fsp3) is 0.333. The Morgan fingerprint density at radius 3 is 2.14 bits per heavy atom. The van der Waals surface area contributed by atoms with E-state index >= 15 is 0 Å². The Morgan fingerprint density at radius 2 is 1.67 bits per heavy atom. The van der Waals surface area contributed by atoms with Crippen LogP contribution in [-0.2, 0) is 10.0 Å². The second-order valence-electron chi connectivity index (χ2n) is 5.17. The summed E-state index contributed by atoms with van der Waals surface area (Å²) in [5.74, 6) is 0. The van der Waals surface area contributed by atoms with Crippen LogP contribution in [0.25, 0.3) is 0 Å². The van der Waals surface area contributed by atoms with Gasteiger partial charge in [-0.1, -0.05) is 12.1 Å². The van der Waals surface area contributed by atoms with Gasteiger partial charge in [-0.2, -0.15) is 0 Å². The van der Waals surface area contributed by atoms with E-state index in [1.807, 2.05) is 0 Å². The van der Waals surface area contributed by atoms with Gasteiger partial charge >= 0.3 is 0 Å². The maximum atomic E-state index is 11.2. The van der Waals surface area contributed by atoms with Gasteiger partial charge in [0.25, 0.3) is 0 Å². The first kappa shape index (κ1) is 16.2. The fourth-order valence-electron chi connectivity index (χ4n) is 2.19. The highest BCUT2D eigenvalue weighted by molar-refractivity contribution is 7.89. The lowest BCUT2D eigenvalue weighted by Gasteiger charge is -2.19. The van der Waals surface area contributed by atoms with E-state index in [1.54, 1.807) is 35.6 Å². The highest BCUT2D eigenvalue weighted by Gasteiger charge is 2.14. The molecule has 4 nitrogen and oxygen atoms in total. The quantitative estimate of drug-likeness (QED) is 0.887. The molecule has 0 spiro atoms. The highest BCUT2D eigenvalue weighted by atomic mass is 32.2. The molecule has 3 N–H and O–H groups in total. The Morgan fingerprint density at radius 1 is 1.05 bits per heavy atom. The van der Waals surface area contributed by atoms with Crippen LogP contribution in [0.4, 0.5) is 0 Å². The minimum atomic E-state index is -3.63. The van der Waals surface area contributed by atoms with E-state index in [0.717, 1.165) is 5.56 Å². The van der Waals surface area contributed by atoms with E-state index in [0.29, 0.717) is 0 Å². The Labute approximate surface area is 130 Å². The number of sulfonamides is 1. The zero-order chi connectivity index (χ0) is 15.6. The molecule has 1 aromatic heterocycles. The lowest BCUT2D eigenvalue weighted by Crippen LogP contribution is -2.22. The zero-order valence-corrected chi connectivity index (χ0v) is 14.0. The molecule has 2 rings (SSSR count). The van der Waals surface area contributed by atoms with Crippen molar-refractivity contribution in [2.24, 2.45) is 5.14 Å². The summed E-state index contributed by atoms with van der Waals surface area (Å²) in [5, 5.41) is 8.61. The van der Waals surface area contributed by atoms with Crippen LogP contribution in [0, 0.1) is 6.92 Å². The number of hydrogen-bond acceptors (Lipinski definition) is 4. The SMILES string of the molecule is Cc1ccc(C(C)NC(C)c2ccc(S(N)(=O)=O)cc2)s1. The van der Waals surface area contributed by atoms with E-state index in [4.69, 9.17) is 5.14 Å². The van der Waals surface area contributed by atoms with Crippen LogP contribution >= 0.6 is 11.3 Å². The molecule has 2 unspecified atom stereocenters. The Bertz CT molecular complexity index is 706. The minimum Gasteiger partial charge on any atom is -0.303 e. The first-order chi connectivity index (χ1) is 9.77. The summed E-state index contributed by atoms with van der Waals surface area (Å²) < 4.78 is 22.5. The second-order valence-corrected chi connectivity index (χ2v) is 8.05. The third-order valence-electron chi connectivity index (χ3n) is 3.40. The normalized spacial score (nSPS) is 14.9. The molecule has 1 aromatic carbocycles. The van der Waals surface area contributed by atoms with Crippen LogP contribution in [0.1, 0.15) is 41.2 Å². The topological polar surface area (TPSA) is 72.2 Å². The molecule has 0 saturated heterocycles. The van der Waals surface area contributed by atoms with Gasteiger partial charge in [-0.3, -0.25) is 0 Å². The maximum Gasteiger partial charge on any atom is 0.238 e. The summed E-state index contributed by atoms with van der Waals surface area (Å²) in [6.07, 6.45) is 0. The van der Waals surface area contributed by atoms with Crippen molar-refractivity contribution >= 4 is 21.4 Å². The number of aryl methyl sites for hydroxylation is 1. The third kappa shape index (κ3) is 4.14. The van der Waals surface area contributed by atoms with Crippen molar-refractivity contribution in [3.05, 3.63) is 51.7 Å². The van der Waals surface area contributed by atoms with Crippen molar-refractivity contribution in [1.29, 1.82) is 0 Å². The molecule has 114 valence electrons. The van der Waals surface area contributed by atoms with Crippen molar-refractivity contribution in [1.82, 2.24) is 5.32 Å². The molecule has 0 aliphatic carbocycles. The molecule has 2 atom stereocenters. The van der Waals surface area contributed by atoms with Crippen molar-refractivity contribution in [2.45, 2.75) is 37.8 Å². The number of nitrogens with one attached hydrogen (secondary N) is 1. The van der Waals surface area contributed by atoms with Crippen molar-refractivity contribution in [3.63, 3.8) is 0 Å². The molecule has 2 aromatic rings. The summed E-state index contributed by atoms with van der Waals surface area (Å²) in [5.41, 5.74) is 1.03. The predicted octanol–water partition coefficient (Wildman–Crippen LogP) is 3.12. The van der Waals surface area contributed by atoms with Gasteiger partial charge in [0.05, 0.1) is 4.90 Å². The van der Waals surface area contributed by atoms with Gasteiger partial charge in [0.2, 0.25) is 10.0 Å². The van der Waals surface area contributed by atoms with Gasteiger partial charge in [0, 0.05) is 21.8 Å². The molecule has 0 radical (unpaired) electrons. The van der Waals surface area contributed by atoms with Gasteiger partial charge in [0.15, 0.2) is 0 Å². The number of primary sulfonamides is 1. The summed E-state index contributed by atoms with van der Waals surface area (Å²) in [6.45, 7) is 6.28. The van der Waals surface area contributed by atoms with Gasteiger partial charge < -0.3 is 5.32 Å². The fourth-order valence-corrected chi connectivity index (χ4v) is 3.59. The van der Waals surface area contributed by atoms with Gasteiger partial charge in [-0.05, 0) is 50.6 Å². The maximum absolute atomic E-state index is 11.2. The van der Waals surface area contributed by atoms with Crippen LogP contribution in [0.2, 0.25) is 0 Å². The van der Waals surface area contributed by atoms with Crippen molar-refractivity contribution in [3.8, 4) is 0 Å². The molecular weight excluding hydrogens is 304 g/mol. The first-order valence-corrected chi connectivity index (χ1v) is 9.09. The first-order valence-electron chi connectivity index (χ1n) is 6.72. The molecule has 0 aliphatic rings. The number of hydrogen-bond donors (Lipinski definition) is 2. The second kappa shape index (κ2) is 6.27. The standard InChI is InChI=1S/C15H20N2O2S2/c1-10-4-9-15(20-10)12(3)17-11(2)13-5-7-14(8-6-13)21(16,18)19/h4-9,11-12,17H,1-3H3,(H2,16,18,19). The molecule has 0 aliphatic heterocycles. The highest BCUT2D eigenvalue weighted by Crippen LogP contribution is 2.25. The van der Waals surface area contributed by atoms with E-state index < -0.39 is 10.0 Å². The third-order valence-corrected chi connectivity index (χ3v) is 5.51. The molecule has 0 amide bonds. The van der Waals surface area contributed by atoms with Gasteiger partial charge in [0.1, 0.15) is 0 Å². The Hall–Kier alpha value is -1.21. The number of thiophene rings is 1. The number of benzene rings is 1. The van der Waals surface area contributed by atoms with Crippen LogP contribution in [0.3, 0.4) is 0 Å². The summed E-state index contributed by atoms with van der Waals surface area (Å²) >= 11 is 1.78. The molecule has 0 fully saturated rings. The van der Waals surface area contributed by atoms with E-state index in [9.17, 15) is 8.42 Å². The van der Waals surface area contributed by atoms with E-state index in [-0.39, 0.29) is 17.0 Å². The van der Waals surface area contributed by atoms with Crippen LogP contribution in [0.5, 0.6) is 0 Å². The van der Waals surface area contributed by atoms with Crippen molar-refractivity contribution in [2.75, 3.05) is 0 Å². The van der Waals surface area contributed by atoms with E-state index in [2.05, 4.69) is 38.2 Å². The van der Waals surface area contributed by atoms with Gasteiger partial charge in [-0.15, -0.1) is 11.3 Å². The van der Waals surface area contributed by atoms with Crippen LogP contribution in [0.15, 0.2) is 41.3 Å². The summed E-state index contributed by atoms with van der Waals surface area (Å²) in [6, 6.07) is 11.3. The average molecular weight is 324 g/mol. The Balaban J connectivity index is 2.08. The molecule has 0 bridgehead atoms. The molecule has 1 heterocycles. The largest absolute Gasteiger partial charge is 0.303 e. The monoisotopic (exact) mass is 324 g/mol. The molecular formula is C15H20N2O2S2. The predicted molar refractivity (Wildman–Crippen MR) is 86.8 cm³/mol. The lowest BCUT2D eigenvalue weighted by atomic mass is 10.1. The van der Waals surface area contributed by atoms with Crippen LogP contribution < -0.4 is 10.5 Å².